The maximum absolute atomic E-state index is 11.0. The average Bonchev–Trinajstić information content (AvgIpc) is 2.97. The van der Waals surface area contributed by atoms with Crippen LogP contribution in [0.2, 0.25) is 0 Å². The van der Waals surface area contributed by atoms with E-state index in [0.717, 1.165) is 0 Å². The van der Waals surface area contributed by atoms with Gasteiger partial charge in [0.05, 0.1) is 30.9 Å². The molecule has 5 amide bonds. The lowest BCUT2D eigenvalue weighted by Gasteiger charge is -2.47. The summed E-state index contributed by atoms with van der Waals surface area (Å²) in [6, 6.07) is -3.27. The van der Waals surface area contributed by atoms with E-state index in [4.69, 9.17) is 97.1 Å². The number of primary amides is 5. The van der Waals surface area contributed by atoms with E-state index < -0.39 is 123 Å². The predicted octanol–water partition coefficient (Wildman–Crippen LogP) is -8.18. The molecule has 3 rings (SSSR count). The SMILES string of the molecule is NC(=O)O.NC(=O)O.NC(=O)O.NC(=O)O.NC(=O)O.NC[C@H]1O[C@H](O[C@H]2[C@H](O)[C@@H](O[C@H]3O[C@H](CO)[C@@H](O)[C@H](N)[C@H]3O)[C@H](N)C[C@@H]2N)[C@H](N)C[C@@H]1O. The van der Waals surface area contributed by atoms with Gasteiger partial charge in [-0.3, -0.25) is 0 Å². The highest BCUT2D eigenvalue weighted by atomic mass is 16.7. The van der Waals surface area contributed by atoms with Crippen LogP contribution in [0.15, 0.2) is 0 Å². The third-order valence-electron chi connectivity index (χ3n) is 6.41. The summed E-state index contributed by atoms with van der Waals surface area (Å²) < 4.78 is 22.7. The molecule has 1 aliphatic carbocycles. The number of hydrogen-bond donors (Lipinski definition) is 20. The summed E-state index contributed by atoms with van der Waals surface area (Å²) in [5.74, 6) is 0. The maximum Gasteiger partial charge on any atom is 0.402 e. The molecule has 3 fully saturated rings. The molecule has 14 atom stereocenters. The first-order valence-electron chi connectivity index (χ1n) is 14.3. The van der Waals surface area contributed by atoms with Gasteiger partial charge in [-0.1, -0.05) is 0 Å². The minimum absolute atomic E-state index is 0.0542. The van der Waals surface area contributed by atoms with Crippen molar-refractivity contribution in [3.63, 3.8) is 0 Å². The highest BCUT2D eigenvalue weighted by molar-refractivity contribution is 5.62. The first kappa shape index (κ1) is 52.2. The van der Waals surface area contributed by atoms with Crippen LogP contribution in [0.3, 0.4) is 0 Å². The van der Waals surface area contributed by atoms with Gasteiger partial charge in [-0.05, 0) is 12.8 Å². The maximum atomic E-state index is 11.0. The molecule has 308 valence electrons. The molecule has 29 heteroatoms. The van der Waals surface area contributed by atoms with Crippen molar-refractivity contribution >= 4 is 30.5 Å². The summed E-state index contributed by atoms with van der Waals surface area (Å²) in [6.45, 7) is -0.499. The van der Waals surface area contributed by atoms with Crippen LogP contribution in [0.5, 0.6) is 0 Å². The fourth-order valence-corrected chi connectivity index (χ4v) is 4.43. The summed E-state index contributed by atoms with van der Waals surface area (Å²) in [6.07, 6.45) is -17.4. The number of aliphatic hydroxyl groups is 5. The van der Waals surface area contributed by atoms with Gasteiger partial charge in [-0.2, -0.15) is 0 Å². The van der Waals surface area contributed by atoms with Crippen LogP contribution in [0.25, 0.3) is 0 Å². The summed E-state index contributed by atoms with van der Waals surface area (Å²) in [5.41, 5.74) is 49.9. The largest absolute Gasteiger partial charge is 0.465 e. The fraction of sp³-hybridized carbons (Fsp3) is 0.783. The molecule has 30 N–H and O–H groups in total. The van der Waals surface area contributed by atoms with E-state index in [1.54, 1.807) is 0 Å². The van der Waals surface area contributed by atoms with Gasteiger partial charge < -0.3 is 127 Å². The van der Waals surface area contributed by atoms with Gasteiger partial charge >= 0.3 is 30.5 Å². The highest BCUT2D eigenvalue weighted by Gasteiger charge is 2.50. The molecule has 0 aromatic carbocycles. The van der Waals surface area contributed by atoms with Crippen LogP contribution in [0.4, 0.5) is 24.0 Å². The molecule has 29 nitrogen and oxygen atoms in total. The number of carbonyl (C=O) groups is 5. The van der Waals surface area contributed by atoms with E-state index in [0.29, 0.717) is 0 Å². The number of ether oxygens (including phenoxy) is 4. The van der Waals surface area contributed by atoms with Crippen molar-refractivity contribution in [2.45, 2.75) is 98.4 Å². The smallest absolute Gasteiger partial charge is 0.402 e. The van der Waals surface area contributed by atoms with Crippen LogP contribution in [0, 0.1) is 0 Å². The van der Waals surface area contributed by atoms with Crippen molar-refractivity contribution in [3.05, 3.63) is 0 Å². The Morgan fingerprint density at radius 3 is 1.25 bits per heavy atom. The molecule has 0 aromatic rings. The molecular weight excluding hydrogens is 720 g/mol. The van der Waals surface area contributed by atoms with Crippen molar-refractivity contribution in [1.29, 1.82) is 0 Å². The third-order valence-corrected chi connectivity index (χ3v) is 6.41. The zero-order valence-corrected chi connectivity index (χ0v) is 27.3. The number of carboxylic acid groups (broad SMARTS) is 5. The highest BCUT2D eigenvalue weighted by Crippen LogP contribution is 2.30. The van der Waals surface area contributed by atoms with Crippen LogP contribution >= 0.6 is 0 Å². The molecule has 0 radical (unpaired) electrons. The summed E-state index contributed by atoms with van der Waals surface area (Å²) >= 11 is 0. The average molecular weight is 773 g/mol. The molecule has 1 saturated carbocycles. The van der Waals surface area contributed by atoms with E-state index in [2.05, 4.69) is 28.7 Å². The number of amides is 5. The van der Waals surface area contributed by atoms with Crippen LogP contribution in [-0.4, -0.2) is 180 Å². The zero-order valence-electron chi connectivity index (χ0n) is 27.3. The third kappa shape index (κ3) is 22.6. The van der Waals surface area contributed by atoms with Crippen LogP contribution in [0.1, 0.15) is 12.8 Å². The Hall–Kier alpha value is -4.21. The molecule has 0 unspecified atom stereocenters. The summed E-state index contributed by atoms with van der Waals surface area (Å²) in [7, 11) is 0. The van der Waals surface area contributed by atoms with Crippen LogP contribution in [-0.2, 0) is 18.9 Å². The number of hydrogen-bond acceptors (Lipinski definition) is 19. The minimum Gasteiger partial charge on any atom is -0.465 e. The second-order valence-corrected chi connectivity index (χ2v) is 10.5. The number of rotatable bonds is 6. The molecule has 0 spiro atoms. The topological polar surface area (TPSA) is 585 Å². The Morgan fingerprint density at radius 1 is 0.558 bits per heavy atom. The Bertz CT molecular complexity index is 978. The Kier molecular flexibility index (Phi) is 26.6. The lowest BCUT2D eigenvalue weighted by atomic mass is 9.84. The molecule has 2 aliphatic heterocycles. The van der Waals surface area contributed by atoms with Gasteiger partial charge in [-0.15, -0.1) is 0 Å². The zero-order chi connectivity index (χ0) is 41.6. The second-order valence-electron chi connectivity index (χ2n) is 10.5. The summed E-state index contributed by atoms with van der Waals surface area (Å²) in [4.78, 5) is 43.9. The van der Waals surface area contributed by atoms with E-state index >= 15 is 0 Å². The van der Waals surface area contributed by atoms with Crippen molar-refractivity contribution in [1.82, 2.24) is 0 Å². The van der Waals surface area contributed by atoms with Crippen LogP contribution < -0.4 is 57.3 Å². The normalized spacial score (nSPS) is 34.7. The van der Waals surface area contributed by atoms with E-state index in [9.17, 15) is 25.5 Å². The minimum atomic E-state index is -1.44. The van der Waals surface area contributed by atoms with Gasteiger partial charge in [0.25, 0.3) is 0 Å². The second kappa shape index (κ2) is 26.5. The van der Waals surface area contributed by atoms with Crippen molar-refractivity contribution in [2.24, 2.45) is 57.3 Å². The number of nitrogens with two attached hydrogens (primary N) is 10. The van der Waals surface area contributed by atoms with Gasteiger partial charge in [0, 0.05) is 18.6 Å². The first-order chi connectivity index (χ1) is 23.7. The van der Waals surface area contributed by atoms with Gasteiger partial charge in [-0.25, -0.2) is 24.0 Å². The molecule has 2 heterocycles. The fourth-order valence-electron chi connectivity index (χ4n) is 4.43. The Morgan fingerprint density at radius 2 is 0.904 bits per heavy atom. The predicted molar refractivity (Wildman–Crippen MR) is 169 cm³/mol. The van der Waals surface area contributed by atoms with Crippen molar-refractivity contribution in [2.75, 3.05) is 13.2 Å². The van der Waals surface area contributed by atoms with E-state index in [1.165, 1.54) is 0 Å². The van der Waals surface area contributed by atoms with E-state index in [1.807, 2.05) is 0 Å². The quantitative estimate of drug-likeness (QED) is 0.119. The molecule has 52 heavy (non-hydrogen) atoms. The Labute approximate surface area is 293 Å². The molecule has 0 bridgehead atoms. The van der Waals surface area contributed by atoms with Gasteiger partial charge in [0.15, 0.2) is 12.6 Å². The van der Waals surface area contributed by atoms with Gasteiger partial charge in [0.1, 0.15) is 36.6 Å². The lowest BCUT2D eigenvalue weighted by Crippen LogP contribution is -2.68. The van der Waals surface area contributed by atoms with E-state index in [-0.39, 0.29) is 19.4 Å². The van der Waals surface area contributed by atoms with Crippen molar-refractivity contribution < 1.29 is 94.0 Å². The lowest BCUT2D eigenvalue weighted by molar-refractivity contribution is -0.314. The number of aliphatic hydroxyl groups excluding tert-OH is 5. The first-order valence-corrected chi connectivity index (χ1v) is 14.3. The van der Waals surface area contributed by atoms with Crippen molar-refractivity contribution in [3.8, 4) is 0 Å². The molecular formula is C23H52N10O19. The molecule has 2 saturated heterocycles. The molecule has 0 aromatic heterocycles. The monoisotopic (exact) mass is 772 g/mol. The Balaban J connectivity index is -0.000000986. The molecule has 3 aliphatic rings. The summed E-state index contributed by atoms with van der Waals surface area (Å²) in [5, 5.41) is 86.7. The standard InChI is InChI=1S/C18H37N5O9.5CH3NO2/c19-3-9-8(25)2-7(22)17(29-9)31-15-5(20)1-6(21)16(14(15)28)32-18-13(27)11(23)12(26)10(4-24)30-18;5*2-1(3)4/h5-18,24-28H,1-4,19-23H2;5*2H2,(H,3,4)/t5-,6+,7+,8-,9+,10+,11-,12+,13+,14-,15+,16-,17+,18+;;;;;/m0...../s1. The van der Waals surface area contributed by atoms with Gasteiger partial charge in [0.2, 0.25) is 0 Å².